The van der Waals surface area contributed by atoms with E-state index in [2.05, 4.69) is 5.32 Å². The Hall–Kier alpha value is -3.31. The van der Waals surface area contributed by atoms with Crippen molar-refractivity contribution in [1.29, 1.82) is 0 Å². The summed E-state index contributed by atoms with van der Waals surface area (Å²) in [5, 5.41) is 15.9. The van der Waals surface area contributed by atoms with Gasteiger partial charge in [-0.3, -0.25) is 19.7 Å². The quantitative estimate of drug-likeness (QED) is 0.309. The van der Waals surface area contributed by atoms with Crippen molar-refractivity contribution in [3.05, 3.63) is 45.3 Å². The number of nitro groups is 1. The maximum atomic E-state index is 13.0. The van der Waals surface area contributed by atoms with Crippen LogP contribution in [0.5, 0.6) is 0 Å². The second-order valence-corrected chi connectivity index (χ2v) is 9.15. The summed E-state index contributed by atoms with van der Waals surface area (Å²) in [6.45, 7) is 3.57. The van der Waals surface area contributed by atoms with E-state index >= 15 is 0 Å². The van der Waals surface area contributed by atoms with Crippen LogP contribution in [0.1, 0.15) is 30.1 Å². The van der Waals surface area contributed by atoms with E-state index in [1.165, 1.54) is 18.2 Å². The number of amides is 2. The Labute approximate surface area is 201 Å². The van der Waals surface area contributed by atoms with Crippen molar-refractivity contribution in [2.75, 3.05) is 45.7 Å². The average Bonchev–Trinajstić information content (AvgIpc) is 3.37. The summed E-state index contributed by atoms with van der Waals surface area (Å²) in [5.74, 6) is -1.56. The van der Waals surface area contributed by atoms with Gasteiger partial charge < -0.3 is 19.9 Å². The highest BCUT2D eigenvalue weighted by atomic mass is 32.1. The van der Waals surface area contributed by atoms with Gasteiger partial charge in [-0.2, -0.15) is 0 Å². The molecule has 1 atom stereocenters. The standard InChI is InChI=1S/C23H28N4O6S/c1-4-33-23(30)20-18(15-7-5-8-17(11-15)27(31)32)14-34-22(20)24-21(29)16-12-19(28)26(13-16)10-6-9-25(2)3/h5,7-8,11,14,16H,4,6,9-10,12-13H2,1-3H3,(H,24,29). The Morgan fingerprint density at radius 3 is 2.79 bits per heavy atom. The average molecular weight is 489 g/mol. The van der Waals surface area contributed by atoms with Crippen molar-refractivity contribution in [2.45, 2.75) is 19.8 Å². The smallest absolute Gasteiger partial charge is 0.341 e. The van der Waals surface area contributed by atoms with Crippen LogP contribution in [-0.2, 0) is 14.3 Å². The lowest BCUT2D eigenvalue weighted by molar-refractivity contribution is -0.384. The van der Waals surface area contributed by atoms with Gasteiger partial charge >= 0.3 is 5.97 Å². The first-order chi connectivity index (χ1) is 16.2. The second-order valence-electron chi connectivity index (χ2n) is 8.27. The maximum absolute atomic E-state index is 13.0. The van der Waals surface area contributed by atoms with E-state index in [0.29, 0.717) is 29.2 Å². The highest BCUT2D eigenvalue weighted by Gasteiger charge is 2.35. The van der Waals surface area contributed by atoms with Crippen molar-refractivity contribution in [2.24, 2.45) is 5.92 Å². The van der Waals surface area contributed by atoms with Gasteiger partial charge in [0, 0.05) is 42.6 Å². The molecule has 182 valence electrons. The van der Waals surface area contributed by atoms with Crippen LogP contribution in [0.3, 0.4) is 0 Å². The molecule has 1 fully saturated rings. The number of ether oxygens (including phenoxy) is 1. The minimum absolute atomic E-state index is 0.0620. The molecule has 2 amide bonds. The molecule has 1 aliphatic rings. The molecule has 1 aliphatic heterocycles. The Morgan fingerprint density at radius 1 is 1.35 bits per heavy atom. The van der Waals surface area contributed by atoms with Gasteiger partial charge in [0.2, 0.25) is 11.8 Å². The summed E-state index contributed by atoms with van der Waals surface area (Å²) < 4.78 is 5.19. The number of nitro benzene ring substituents is 1. The molecule has 1 aromatic carbocycles. The van der Waals surface area contributed by atoms with Crippen LogP contribution in [0.15, 0.2) is 29.6 Å². The molecule has 3 rings (SSSR count). The van der Waals surface area contributed by atoms with Crippen LogP contribution < -0.4 is 5.32 Å². The zero-order valence-electron chi connectivity index (χ0n) is 19.4. The Morgan fingerprint density at radius 2 is 2.12 bits per heavy atom. The fourth-order valence-electron chi connectivity index (χ4n) is 3.81. The third-order valence-corrected chi connectivity index (χ3v) is 6.39. The highest BCUT2D eigenvalue weighted by molar-refractivity contribution is 7.15. The molecule has 1 N–H and O–H groups in total. The molecule has 2 heterocycles. The van der Waals surface area contributed by atoms with Gasteiger partial charge in [0.15, 0.2) is 0 Å². The van der Waals surface area contributed by atoms with Crippen molar-refractivity contribution < 1.29 is 24.0 Å². The van der Waals surface area contributed by atoms with E-state index in [4.69, 9.17) is 4.74 Å². The number of likely N-dealkylation sites (tertiary alicyclic amines) is 1. The SMILES string of the molecule is CCOC(=O)c1c(-c2cccc([N+](=O)[O-])c2)csc1NC(=O)C1CC(=O)N(CCCN(C)C)C1. The van der Waals surface area contributed by atoms with Gasteiger partial charge in [-0.25, -0.2) is 4.79 Å². The number of nitrogens with zero attached hydrogens (tertiary/aromatic N) is 3. The molecule has 1 unspecified atom stereocenters. The Bertz CT molecular complexity index is 1080. The van der Waals surface area contributed by atoms with Gasteiger partial charge in [-0.15, -0.1) is 11.3 Å². The first-order valence-corrected chi connectivity index (χ1v) is 11.9. The summed E-state index contributed by atoms with van der Waals surface area (Å²) in [7, 11) is 3.93. The van der Waals surface area contributed by atoms with Gasteiger partial charge in [0.25, 0.3) is 5.69 Å². The van der Waals surface area contributed by atoms with Gasteiger partial charge in [-0.1, -0.05) is 12.1 Å². The number of esters is 1. The lowest BCUT2D eigenvalue weighted by Crippen LogP contribution is -2.30. The summed E-state index contributed by atoms with van der Waals surface area (Å²) in [5.41, 5.74) is 0.947. The molecule has 34 heavy (non-hydrogen) atoms. The predicted octanol–water partition coefficient (Wildman–Crippen LogP) is 3.24. The summed E-state index contributed by atoms with van der Waals surface area (Å²) >= 11 is 1.14. The predicted molar refractivity (Wildman–Crippen MR) is 129 cm³/mol. The molecule has 0 spiro atoms. The molecule has 10 nitrogen and oxygen atoms in total. The fourth-order valence-corrected chi connectivity index (χ4v) is 4.77. The molecular formula is C23H28N4O6S. The lowest BCUT2D eigenvalue weighted by Gasteiger charge is -2.18. The third-order valence-electron chi connectivity index (χ3n) is 5.49. The summed E-state index contributed by atoms with van der Waals surface area (Å²) in [6.07, 6.45) is 0.934. The normalized spacial score (nSPS) is 15.6. The van der Waals surface area contributed by atoms with Gasteiger partial charge in [-0.05, 0) is 39.5 Å². The lowest BCUT2D eigenvalue weighted by atomic mass is 10.0. The number of non-ortho nitro benzene ring substituents is 1. The summed E-state index contributed by atoms with van der Waals surface area (Å²) in [4.78, 5) is 52.5. The molecule has 2 aromatic rings. The number of benzene rings is 1. The number of nitrogens with one attached hydrogen (secondary N) is 1. The van der Waals surface area contributed by atoms with Gasteiger partial charge in [0.1, 0.15) is 10.6 Å². The number of hydrogen-bond acceptors (Lipinski definition) is 8. The first kappa shape index (κ1) is 25.3. The highest BCUT2D eigenvalue weighted by Crippen LogP contribution is 2.38. The maximum Gasteiger partial charge on any atom is 0.341 e. The van der Waals surface area contributed by atoms with E-state index in [0.717, 1.165) is 24.3 Å². The number of rotatable bonds is 10. The molecular weight excluding hydrogens is 460 g/mol. The van der Waals surface area contributed by atoms with Crippen molar-refractivity contribution in [1.82, 2.24) is 9.80 Å². The molecule has 11 heteroatoms. The van der Waals surface area contributed by atoms with E-state index in [9.17, 15) is 24.5 Å². The number of carbonyl (C=O) groups excluding carboxylic acids is 3. The zero-order chi connectivity index (χ0) is 24.8. The summed E-state index contributed by atoms with van der Waals surface area (Å²) in [6, 6.07) is 5.93. The number of anilines is 1. The molecule has 0 aliphatic carbocycles. The second kappa shape index (κ2) is 11.2. The van der Waals surface area contributed by atoms with Crippen LogP contribution in [0, 0.1) is 16.0 Å². The molecule has 0 radical (unpaired) electrons. The number of hydrogen-bond donors (Lipinski definition) is 1. The third kappa shape index (κ3) is 5.97. The van der Waals surface area contributed by atoms with Crippen LogP contribution >= 0.6 is 11.3 Å². The fraction of sp³-hybridized carbons (Fsp3) is 0.435. The number of carbonyl (C=O) groups is 3. The van der Waals surface area contributed by atoms with Crippen molar-refractivity contribution in [3.8, 4) is 11.1 Å². The first-order valence-electron chi connectivity index (χ1n) is 11.0. The van der Waals surface area contributed by atoms with E-state index in [1.54, 1.807) is 23.3 Å². The minimum Gasteiger partial charge on any atom is -0.462 e. The topological polar surface area (TPSA) is 122 Å². The van der Waals surface area contributed by atoms with Crippen LogP contribution in [0.2, 0.25) is 0 Å². The van der Waals surface area contributed by atoms with Crippen molar-refractivity contribution >= 4 is 39.8 Å². The van der Waals surface area contributed by atoms with Gasteiger partial charge in [0.05, 0.1) is 17.4 Å². The minimum atomic E-state index is -0.631. The molecule has 0 bridgehead atoms. The Balaban J connectivity index is 1.80. The van der Waals surface area contributed by atoms with Crippen molar-refractivity contribution in [3.63, 3.8) is 0 Å². The van der Waals surface area contributed by atoms with Crippen LogP contribution in [0.4, 0.5) is 10.7 Å². The number of thiophene rings is 1. The monoisotopic (exact) mass is 488 g/mol. The molecule has 0 saturated carbocycles. The van der Waals surface area contributed by atoms with E-state index in [-0.39, 0.29) is 36.1 Å². The van der Waals surface area contributed by atoms with Crippen LogP contribution in [0.25, 0.3) is 11.1 Å². The largest absolute Gasteiger partial charge is 0.462 e. The molecule has 1 aromatic heterocycles. The zero-order valence-corrected chi connectivity index (χ0v) is 20.2. The van der Waals surface area contributed by atoms with E-state index < -0.39 is 16.8 Å². The van der Waals surface area contributed by atoms with E-state index in [1.807, 2.05) is 19.0 Å². The van der Waals surface area contributed by atoms with Crippen LogP contribution in [-0.4, -0.2) is 72.8 Å². The molecule has 1 saturated heterocycles. The Kier molecular flexibility index (Phi) is 8.35.